The second-order valence-corrected chi connectivity index (χ2v) is 5.34. The fraction of sp³-hybridized carbons (Fsp3) is 0.176. The van der Waals surface area contributed by atoms with Crippen LogP contribution in [0.4, 0.5) is 8.78 Å². The van der Waals surface area contributed by atoms with Gasteiger partial charge in [0.15, 0.2) is 17.1 Å². The van der Waals surface area contributed by atoms with Gasteiger partial charge in [-0.15, -0.1) is 0 Å². The first-order valence-corrected chi connectivity index (χ1v) is 7.17. The zero-order valence-electron chi connectivity index (χ0n) is 13.0. The molecular formula is C17H14F2N2O3. The van der Waals surface area contributed by atoms with Crippen LogP contribution in [0, 0.1) is 25.5 Å². The number of hydrogen-bond donors (Lipinski definition) is 1. The van der Waals surface area contributed by atoms with E-state index in [0.29, 0.717) is 17.0 Å². The number of carbonyl (C=O) groups is 1. The molecule has 0 spiro atoms. The lowest BCUT2D eigenvalue weighted by atomic mass is 10.2. The van der Waals surface area contributed by atoms with Crippen LogP contribution in [0.5, 0.6) is 5.75 Å². The maximum absolute atomic E-state index is 13.7. The van der Waals surface area contributed by atoms with Crippen LogP contribution < -0.4 is 4.74 Å². The quantitative estimate of drug-likeness (QED) is 0.794. The minimum Gasteiger partial charge on any atom is -0.485 e. The van der Waals surface area contributed by atoms with Gasteiger partial charge in [-0.25, -0.2) is 18.6 Å². The van der Waals surface area contributed by atoms with Crippen molar-refractivity contribution in [3.05, 3.63) is 64.6 Å². The van der Waals surface area contributed by atoms with Gasteiger partial charge < -0.3 is 9.84 Å². The number of aromatic nitrogens is 2. The van der Waals surface area contributed by atoms with E-state index in [0.717, 1.165) is 12.1 Å². The van der Waals surface area contributed by atoms with Crippen molar-refractivity contribution in [3.63, 3.8) is 0 Å². The van der Waals surface area contributed by atoms with Gasteiger partial charge in [0.1, 0.15) is 18.2 Å². The van der Waals surface area contributed by atoms with E-state index in [-0.39, 0.29) is 23.6 Å². The van der Waals surface area contributed by atoms with Gasteiger partial charge in [-0.3, -0.25) is 4.40 Å². The highest BCUT2D eigenvalue weighted by Crippen LogP contribution is 2.25. The highest BCUT2D eigenvalue weighted by molar-refractivity contribution is 5.89. The number of halogens is 2. The summed E-state index contributed by atoms with van der Waals surface area (Å²) >= 11 is 0. The first-order valence-electron chi connectivity index (χ1n) is 7.17. The lowest BCUT2D eigenvalue weighted by Crippen LogP contribution is -2.07. The number of aryl methyl sites for hydroxylation is 2. The number of ether oxygens (including phenoxy) is 1. The molecular weight excluding hydrogens is 318 g/mol. The zero-order valence-corrected chi connectivity index (χ0v) is 13.0. The van der Waals surface area contributed by atoms with Crippen molar-refractivity contribution in [2.24, 2.45) is 0 Å². The molecule has 7 heteroatoms. The first-order chi connectivity index (χ1) is 11.4. The number of aromatic carboxylic acids is 1. The molecule has 0 fully saturated rings. The molecule has 1 aromatic carbocycles. The van der Waals surface area contributed by atoms with Crippen LogP contribution in [0.2, 0.25) is 0 Å². The molecule has 0 radical (unpaired) electrons. The van der Waals surface area contributed by atoms with Gasteiger partial charge in [-0.05, 0) is 38.1 Å². The SMILES string of the molecule is Cc1nc2c(OCc3c(F)cccc3F)ccc(C)n2c1C(=O)O. The summed E-state index contributed by atoms with van der Waals surface area (Å²) in [6, 6.07) is 6.83. The van der Waals surface area contributed by atoms with E-state index < -0.39 is 17.6 Å². The molecule has 2 heterocycles. The normalized spacial score (nSPS) is 11.0. The van der Waals surface area contributed by atoms with Crippen molar-refractivity contribution >= 4 is 11.6 Å². The Kier molecular flexibility index (Phi) is 3.92. The molecule has 0 amide bonds. The summed E-state index contributed by atoms with van der Waals surface area (Å²) in [4.78, 5) is 15.7. The summed E-state index contributed by atoms with van der Waals surface area (Å²) in [5, 5.41) is 9.35. The third-order valence-corrected chi connectivity index (χ3v) is 3.74. The van der Waals surface area contributed by atoms with Crippen molar-refractivity contribution in [1.29, 1.82) is 0 Å². The third-order valence-electron chi connectivity index (χ3n) is 3.74. The molecule has 124 valence electrons. The fourth-order valence-corrected chi connectivity index (χ4v) is 2.57. The average Bonchev–Trinajstić information content (AvgIpc) is 2.87. The van der Waals surface area contributed by atoms with Crippen LogP contribution in [0.3, 0.4) is 0 Å². The number of imidazole rings is 1. The number of rotatable bonds is 4. The van der Waals surface area contributed by atoms with Crippen LogP contribution in [-0.4, -0.2) is 20.5 Å². The second-order valence-electron chi connectivity index (χ2n) is 5.34. The molecule has 0 bridgehead atoms. The van der Waals surface area contributed by atoms with E-state index in [1.165, 1.54) is 10.5 Å². The number of fused-ring (bicyclic) bond motifs is 1. The summed E-state index contributed by atoms with van der Waals surface area (Å²) < 4.78 is 34.3. The number of carboxylic acid groups (broad SMARTS) is 1. The molecule has 0 saturated heterocycles. The number of pyridine rings is 1. The summed E-state index contributed by atoms with van der Waals surface area (Å²) in [7, 11) is 0. The predicted octanol–water partition coefficient (Wildman–Crippen LogP) is 3.51. The zero-order chi connectivity index (χ0) is 17.4. The minimum atomic E-state index is -1.11. The van der Waals surface area contributed by atoms with Crippen molar-refractivity contribution in [3.8, 4) is 5.75 Å². The number of hydrogen-bond acceptors (Lipinski definition) is 3. The summed E-state index contributed by atoms with van der Waals surface area (Å²) in [5.41, 5.74) is 1.12. The first kappa shape index (κ1) is 15.9. The van der Waals surface area contributed by atoms with E-state index in [2.05, 4.69) is 4.98 Å². The van der Waals surface area contributed by atoms with Crippen molar-refractivity contribution in [2.45, 2.75) is 20.5 Å². The van der Waals surface area contributed by atoms with Gasteiger partial charge in [0.05, 0.1) is 11.3 Å². The average molecular weight is 332 g/mol. The van der Waals surface area contributed by atoms with Gasteiger partial charge in [0.2, 0.25) is 0 Å². The summed E-state index contributed by atoms with van der Waals surface area (Å²) in [5.74, 6) is -2.27. The molecule has 0 atom stereocenters. The Labute approximate surface area is 136 Å². The van der Waals surface area contributed by atoms with Gasteiger partial charge in [-0.2, -0.15) is 0 Å². The predicted molar refractivity (Wildman–Crippen MR) is 82.3 cm³/mol. The van der Waals surface area contributed by atoms with Crippen LogP contribution in [-0.2, 0) is 6.61 Å². The van der Waals surface area contributed by atoms with Crippen LogP contribution in [0.1, 0.15) is 27.4 Å². The molecule has 1 N–H and O–H groups in total. The molecule has 0 saturated carbocycles. The van der Waals surface area contributed by atoms with Crippen molar-refractivity contribution < 1.29 is 23.4 Å². The molecule has 0 aliphatic carbocycles. The highest BCUT2D eigenvalue weighted by Gasteiger charge is 2.20. The lowest BCUT2D eigenvalue weighted by Gasteiger charge is -2.10. The van der Waals surface area contributed by atoms with Crippen LogP contribution in [0.15, 0.2) is 30.3 Å². The highest BCUT2D eigenvalue weighted by atomic mass is 19.1. The standard InChI is InChI=1S/C17H14F2N2O3/c1-9-6-7-14(16-20-10(2)15(17(22)23)21(9)16)24-8-11-12(18)4-3-5-13(11)19/h3-7H,8H2,1-2H3,(H,22,23). The van der Waals surface area contributed by atoms with E-state index in [9.17, 15) is 18.7 Å². The Bertz CT molecular complexity index is 930. The molecule has 0 aliphatic rings. The molecule has 2 aromatic heterocycles. The molecule has 0 aliphatic heterocycles. The molecule has 0 unspecified atom stereocenters. The van der Waals surface area contributed by atoms with E-state index in [4.69, 9.17) is 4.74 Å². The summed E-state index contributed by atoms with van der Waals surface area (Å²) in [6.07, 6.45) is 0. The Morgan fingerprint density at radius 2 is 1.88 bits per heavy atom. The van der Waals surface area contributed by atoms with Crippen LogP contribution >= 0.6 is 0 Å². The summed E-state index contributed by atoms with van der Waals surface area (Å²) in [6.45, 7) is 2.99. The molecule has 3 aromatic rings. The smallest absolute Gasteiger partial charge is 0.354 e. The minimum absolute atomic E-state index is 0.0324. The Hall–Kier alpha value is -2.96. The second kappa shape index (κ2) is 5.92. The van der Waals surface area contributed by atoms with Crippen molar-refractivity contribution in [2.75, 3.05) is 0 Å². The molecule has 5 nitrogen and oxygen atoms in total. The maximum Gasteiger partial charge on any atom is 0.354 e. The fourth-order valence-electron chi connectivity index (χ4n) is 2.57. The Morgan fingerprint density at radius 1 is 1.21 bits per heavy atom. The number of benzene rings is 1. The van der Waals surface area contributed by atoms with Crippen molar-refractivity contribution in [1.82, 2.24) is 9.38 Å². The topological polar surface area (TPSA) is 63.8 Å². The monoisotopic (exact) mass is 332 g/mol. The Balaban J connectivity index is 2.04. The molecule has 24 heavy (non-hydrogen) atoms. The maximum atomic E-state index is 13.7. The van der Waals surface area contributed by atoms with E-state index >= 15 is 0 Å². The number of carboxylic acids is 1. The van der Waals surface area contributed by atoms with Gasteiger partial charge in [0, 0.05) is 5.69 Å². The third kappa shape index (κ3) is 2.58. The largest absolute Gasteiger partial charge is 0.485 e. The number of nitrogens with zero attached hydrogens (tertiary/aromatic N) is 2. The van der Waals surface area contributed by atoms with Gasteiger partial charge in [0.25, 0.3) is 0 Å². The Morgan fingerprint density at radius 3 is 2.50 bits per heavy atom. The van der Waals surface area contributed by atoms with Gasteiger partial charge >= 0.3 is 5.97 Å². The van der Waals surface area contributed by atoms with Crippen LogP contribution in [0.25, 0.3) is 5.65 Å². The lowest BCUT2D eigenvalue weighted by molar-refractivity contribution is 0.0688. The van der Waals surface area contributed by atoms with E-state index in [1.54, 1.807) is 26.0 Å². The van der Waals surface area contributed by atoms with E-state index in [1.807, 2.05) is 0 Å². The van der Waals surface area contributed by atoms with Gasteiger partial charge in [-0.1, -0.05) is 6.07 Å². The molecule has 3 rings (SSSR count).